The zero-order valence-corrected chi connectivity index (χ0v) is 15.4. The van der Waals surface area contributed by atoms with Crippen molar-refractivity contribution in [1.82, 2.24) is 10.2 Å². The number of nitrogens with zero attached hydrogens (tertiary/aromatic N) is 3. The van der Waals surface area contributed by atoms with Crippen LogP contribution in [0.1, 0.15) is 25.9 Å². The van der Waals surface area contributed by atoms with Gasteiger partial charge in [-0.05, 0) is 48.0 Å². The summed E-state index contributed by atoms with van der Waals surface area (Å²) in [6.07, 6.45) is 1.67. The predicted octanol–water partition coefficient (Wildman–Crippen LogP) is 5.05. The Labute approximate surface area is 163 Å². The fourth-order valence-corrected chi connectivity index (χ4v) is 3.09. The van der Waals surface area contributed by atoms with Gasteiger partial charge in [-0.25, -0.2) is 0 Å². The lowest BCUT2D eigenvalue weighted by Gasteiger charge is -2.01. The molecule has 128 valence electrons. The SMILES string of the molecule is N#Cc1cccc(/C=C(\Cl)c2nnc(C(=O)Nc3ccc(Cl)cc3)s2)c1. The molecule has 1 N–H and O–H groups in total. The molecule has 1 aromatic heterocycles. The van der Waals surface area contributed by atoms with Crippen LogP contribution in [0.15, 0.2) is 48.5 Å². The molecule has 26 heavy (non-hydrogen) atoms. The van der Waals surface area contributed by atoms with Crippen molar-refractivity contribution in [3.8, 4) is 6.07 Å². The van der Waals surface area contributed by atoms with Gasteiger partial charge in [0.1, 0.15) is 0 Å². The summed E-state index contributed by atoms with van der Waals surface area (Å²) in [6.45, 7) is 0. The van der Waals surface area contributed by atoms with Gasteiger partial charge in [0.25, 0.3) is 5.91 Å². The number of rotatable bonds is 4. The molecule has 0 aliphatic heterocycles. The van der Waals surface area contributed by atoms with Gasteiger partial charge in [-0.3, -0.25) is 4.79 Å². The summed E-state index contributed by atoms with van der Waals surface area (Å²) in [5.41, 5.74) is 1.89. The minimum atomic E-state index is -0.382. The summed E-state index contributed by atoms with van der Waals surface area (Å²) in [4.78, 5) is 12.2. The average Bonchev–Trinajstić information content (AvgIpc) is 3.14. The second-order valence-electron chi connectivity index (χ2n) is 5.10. The second kappa shape index (κ2) is 8.11. The first-order chi connectivity index (χ1) is 12.5. The van der Waals surface area contributed by atoms with E-state index in [4.69, 9.17) is 28.5 Å². The maximum Gasteiger partial charge on any atom is 0.286 e. The van der Waals surface area contributed by atoms with Gasteiger partial charge >= 0.3 is 0 Å². The van der Waals surface area contributed by atoms with Crippen LogP contribution in [0.4, 0.5) is 5.69 Å². The molecule has 1 heterocycles. The number of anilines is 1. The number of amides is 1. The maximum absolute atomic E-state index is 12.2. The summed E-state index contributed by atoms with van der Waals surface area (Å²) in [5, 5.41) is 21.0. The molecule has 3 aromatic rings. The van der Waals surface area contributed by atoms with Gasteiger partial charge in [0.05, 0.1) is 16.7 Å². The van der Waals surface area contributed by atoms with Crippen molar-refractivity contribution in [3.63, 3.8) is 0 Å². The van der Waals surface area contributed by atoms with E-state index in [-0.39, 0.29) is 10.9 Å². The molecular weight excluding hydrogens is 391 g/mol. The molecule has 0 saturated carbocycles. The molecule has 3 rings (SSSR count). The number of nitrogens with one attached hydrogen (secondary N) is 1. The Kier molecular flexibility index (Phi) is 5.64. The number of hydrogen-bond donors (Lipinski definition) is 1. The molecule has 1 amide bonds. The summed E-state index contributed by atoms with van der Waals surface area (Å²) >= 11 is 13.2. The van der Waals surface area contributed by atoms with Crippen LogP contribution in [-0.2, 0) is 0 Å². The lowest BCUT2D eigenvalue weighted by molar-refractivity contribution is 0.102. The smallest absolute Gasteiger partial charge is 0.286 e. The molecule has 0 bridgehead atoms. The fourth-order valence-electron chi connectivity index (χ4n) is 2.04. The molecule has 0 radical (unpaired) electrons. The Morgan fingerprint density at radius 3 is 2.62 bits per heavy atom. The van der Waals surface area contributed by atoms with Crippen molar-refractivity contribution < 1.29 is 4.79 Å². The second-order valence-corrected chi connectivity index (χ2v) is 6.92. The fraction of sp³-hybridized carbons (Fsp3) is 0. The van der Waals surface area contributed by atoms with E-state index in [1.807, 2.05) is 6.07 Å². The van der Waals surface area contributed by atoms with Crippen molar-refractivity contribution in [2.45, 2.75) is 0 Å². The van der Waals surface area contributed by atoms with Crippen molar-refractivity contribution in [3.05, 3.63) is 74.7 Å². The zero-order chi connectivity index (χ0) is 18.5. The summed E-state index contributed by atoms with van der Waals surface area (Å²) in [5.74, 6) is -0.382. The zero-order valence-electron chi connectivity index (χ0n) is 13.1. The van der Waals surface area contributed by atoms with Gasteiger partial charge in [-0.1, -0.05) is 46.7 Å². The van der Waals surface area contributed by atoms with E-state index in [9.17, 15) is 4.79 Å². The number of nitriles is 1. The third-order valence-electron chi connectivity index (χ3n) is 3.23. The van der Waals surface area contributed by atoms with Gasteiger partial charge in [0.15, 0.2) is 5.01 Å². The van der Waals surface area contributed by atoms with E-state index < -0.39 is 0 Å². The predicted molar refractivity (Wildman–Crippen MR) is 104 cm³/mol. The Bertz CT molecular complexity index is 1020. The van der Waals surface area contributed by atoms with Gasteiger partial charge in [0.2, 0.25) is 5.01 Å². The monoisotopic (exact) mass is 400 g/mol. The third-order valence-corrected chi connectivity index (χ3v) is 4.84. The quantitative estimate of drug-likeness (QED) is 0.663. The topological polar surface area (TPSA) is 78.7 Å². The highest BCUT2D eigenvalue weighted by Crippen LogP contribution is 2.26. The standard InChI is InChI=1S/C18H10Cl2N4OS/c19-13-4-6-14(7-5-13)22-16(25)18-24-23-17(26-18)15(20)9-11-2-1-3-12(8-11)10-21/h1-9H,(H,22,25)/b15-9-. The van der Waals surface area contributed by atoms with Crippen molar-refractivity contribution in [2.24, 2.45) is 0 Å². The molecular formula is C18H10Cl2N4OS. The van der Waals surface area contributed by atoms with Crippen molar-refractivity contribution in [2.75, 3.05) is 5.32 Å². The van der Waals surface area contributed by atoms with Crippen LogP contribution < -0.4 is 5.32 Å². The van der Waals surface area contributed by atoms with Gasteiger partial charge in [-0.15, -0.1) is 10.2 Å². The lowest BCUT2D eigenvalue weighted by atomic mass is 10.1. The number of hydrogen-bond acceptors (Lipinski definition) is 5. The van der Waals surface area contributed by atoms with Crippen LogP contribution in [0, 0.1) is 11.3 Å². The maximum atomic E-state index is 12.2. The van der Waals surface area contributed by atoms with E-state index >= 15 is 0 Å². The Morgan fingerprint density at radius 2 is 1.88 bits per heavy atom. The first kappa shape index (κ1) is 18.1. The van der Waals surface area contributed by atoms with Crippen LogP contribution in [-0.4, -0.2) is 16.1 Å². The molecule has 0 fully saturated rings. The van der Waals surface area contributed by atoms with Crippen molar-refractivity contribution >= 4 is 57.2 Å². The summed E-state index contributed by atoms with van der Waals surface area (Å²) in [6, 6.07) is 15.8. The molecule has 0 spiro atoms. The first-order valence-corrected chi connectivity index (χ1v) is 8.90. The highest BCUT2D eigenvalue weighted by molar-refractivity contribution is 7.15. The van der Waals surface area contributed by atoms with E-state index in [0.717, 1.165) is 16.9 Å². The summed E-state index contributed by atoms with van der Waals surface area (Å²) < 4.78 is 0. The van der Waals surface area contributed by atoms with Gasteiger partial charge in [-0.2, -0.15) is 5.26 Å². The van der Waals surface area contributed by atoms with Gasteiger partial charge in [0, 0.05) is 10.7 Å². The van der Waals surface area contributed by atoms with Gasteiger partial charge < -0.3 is 5.32 Å². The summed E-state index contributed by atoms with van der Waals surface area (Å²) in [7, 11) is 0. The number of aromatic nitrogens is 2. The number of carbonyl (C=O) groups is 1. The molecule has 0 aliphatic carbocycles. The first-order valence-electron chi connectivity index (χ1n) is 7.33. The van der Waals surface area contributed by atoms with Crippen molar-refractivity contribution in [1.29, 1.82) is 5.26 Å². The molecule has 0 aliphatic rings. The molecule has 0 unspecified atom stereocenters. The minimum Gasteiger partial charge on any atom is -0.320 e. The number of benzene rings is 2. The Hall–Kier alpha value is -2.72. The molecule has 8 heteroatoms. The van der Waals surface area contributed by atoms with Crippen LogP contribution in [0.2, 0.25) is 5.02 Å². The highest BCUT2D eigenvalue weighted by Gasteiger charge is 2.15. The molecule has 0 saturated heterocycles. The van der Waals surface area contributed by atoms with E-state index in [1.165, 1.54) is 0 Å². The third kappa shape index (κ3) is 4.46. The largest absolute Gasteiger partial charge is 0.320 e. The van der Waals surface area contributed by atoms with Crippen LogP contribution in [0.25, 0.3) is 11.1 Å². The van der Waals surface area contributed by atoms with Crippen LogP contribution >= 0.6 is 34.5 Å². The van der Waals surface area contributed by atoms with E-state index in [1.54, 1.807) is 48.5 Å². The van der Waals surface area contributed by atoms with E-state index in [0.29, 0.717) is 26.3 Å². The van der Waals surface area contributed by atoms with Crippen LogP contribution in [0.3, 0.4) is 0 Å². The average molecular weight is 401 g/mol. The number of halogens is 2. The molecule has 5 nitrogen and oxygen atoms in total. The highest BCUT2D eigenvalue weighted by atomic mass is 35.5. The van der Waals surface area contributed by atoms with Crippen LogP contribution in [0.5, 0.6) is 0 Å². The lowest BCUT2D eigenvalue weighted by Crippen LogP contribution is -2.11. The van der Waals surface area contributed by atoms with E-state index in [2.05, 4.69) is 21.6 Å². The Balaban J connectivity index is 1.76. The number of carbonyl (C=O) groups excluding carboxylic acids is 1. The molecule has 0 atom stereocenters. The molecule has 2 aromatic carbocycles. The minimum absolute atomic E-state index is 0.187. The normalized spacial score (nSPS) is 11.0. The Morgan fingerprint density at radius 1 is 1.15 bits per heavy atom.